The third-order valence-electron chi connectivity index (χ3n) is 10.4. The van der Waals surface area contributed by atoms with Crippen LogP contribution < -0.4 is 0 Å². The lowest BCUT2D eigenvalue weighted by Gasteiger charge is -2.95. The molecule has 7 fully saturated rings. The minimum absolute atomic E-state index is 0.673. The van der Waals surface area contributed by atoms with E-state index in [1.165, 1.54) is 44.9 Å². The van der Waals surface area contributed by atoms with Crippen LogP contribution in [0.3, 0.4) is 0 Å². The van der Waals surface area contributed by atoms with E-state index in [0.717, 1.165) is 33.5 Å². The first kappa shape index (κ1) is 15.5. The third-order valence-corrected chi connectivity index (χ3v) is 10.4. The molecule has 7 aliphatic carbocycles. The van der Waals surface area contributed by atoms with Crippen LogP contribution in [0.1, 0.15) is 99.3 Å². The quantitative estimate of drug-likeness (QED) is 0.460. The molecule has 0 heteroatoms. The molecular formula is C22H38. The summed E-state index contributed by atoms with van der Waals surface area (Å²) in [4.78, 5) is 0. The van der Waals surface area contributed by atoms with Gasteiger partial charge in [0.1, 0.15) is 0 Å². The highest BCUT2D eigenvalue weighted by atomic mass is 15.1. The van der Waals surface area contributed by atoms with Gasteiger partial charge in [-0.1, -0.05) is 67.2 Å². The molecule has 1 spiro atoms. The fourth-order valence-electron chi connectivity index (χ4n) is 10.3. The predicted molar refractivity (Wildman–Crippen MR) is 94.7 cm³/mol. The molecule has 0 aromatic carbocycles. The Kier molecular flexibility index (Phi) is 2.93. The van der Waals surface area contributed by atoms with Crippen LogP contribution in [0, 0.1) is 38.9 Å². The van der Waals surface area contributed by atoms with Gasteiger partial charge in [-0.3, -0.25) is 0 Å². The Morgan fingerprint density at radius 1 is 0.909 bits per heavy atom. The first-order valence-corrected chi connectivity index (χ1v) is 10.4. The average molecular weight is 303 g/mol. The monoisotopic (exact) mass is 302 g/mol. The lowest BCUT2D eigenvalue weighted by molar-refractivity contribution is -0.488. The van der Waals surface area contributed by atoms with E-state index in [9.17, 15) is 0 Å². The maximum absolute atomic E-state index is 2.73. The lowest BCUT2D eigenvalue weighted by atomic mass is 9.08. The van der Waals surface area contributed by atoms with Crippen molar-refractivity contribution < 1.29 is 0 Å². The summed E-state index contributed by atoms with van der Waals surface area (Å²) in [6.07, 6.45) is 13.3. The highest BCUT2D eigenvalue weighted by molar-refractivity contribution is 5.56. The zero-order chi connectivity index (χ0) is 16.0. The van der Waals surface area contributed by atoms with Crippen molar-refractivity contribution in [3.63, 3.8) is 0 Å². The van der Waals surface area contributed by atoms with E-state index in [2.05, 4.69) is 41.5 Å². The second-order valence-electron chi connectivity index (χ2n) is 9.85. The molecule has 0 heterocycles. The second-order valence-corrected chi connectivity index (χ2v) is 9.85. The summed E-state index contributed by atoms with van der Waals surface area (Å²) >= 11 is 0. The van der Waals surface area contributed by atoms with E-state index in [-0.39, 0.29) is 0 Å². The molecule has 0 aliphatic heterocycles. The maximum Gasteiger partial charge on any atom is -0.0129 e. The predicted octanol–water partition coefficient (Wildman–Crippen LogP) is 6.84. The van der Waals surface area contributed by atoms with Gasteiger partial charge in [0.05, 0.1) is 0 Å². The molecular weight excluding hydrogens is 264 g/mol. The first-order chi connectivity index (χ1) is 10.4. The van der Waals surface area contributed by atoms with E-state index < -0.39 is 0 Å². The summed E-state index contributed by atoms with van der Waals surface area (Å²) in [6.45, 7) is 15.3. The normalized spacial score (nSPS) is 59.7. The summed E-state index contributed by atoms with van der Waals surface area (Å²) in [5.74, 6) is 2.18. The van der Waals surface area contributed by atoms with Crippen molar-refractivity contribution in [1.29, 1.82) is 0 Å². The molecule has 7 atom stereocenters. The second kappa shape index (κ2) is 4.15. The Labute approximate surface area is 138 Å². The van der Waals surface area contributed by atoms with Crippen molar-refractivity contribution in [3.05, 3.63) is 0 Å². The van der Waals surface area contributed by atoms with Crippen LogP contribution in [0.2, 0.25) is 0 Å². The van der Waals surface area contributed by atoms with Gasteiger partial charge in [0.15, 0.2) is 0 Å². The maximum atomic E-state index is 2.73. The number of rotatable bonds is 8. The van der Waals surface area contributed by atoms with Crippen LogP contribution in [0.5, 0.6) is 0 Å². The van der Waals surface area contributed by atoms with Gasteiger partial charge in [0.25, 0.3) is 0 Å². The van der Waals surface area contributed by atoms with Crippen molar-refractivity contribution in [1.82, 2.24) is 0 Å². The van der Waals surface area contributed by atoms with E-state index in [1.807, 2.05) is 0 Å². The van der Waals surface area contributed by atoms with Crippen molar-refractivity contribution in [2.45, 2.75) is 99.3 Å². The third kappa shape index (κ3) is 0.954. The highest BCUT2D eigenvalue weighted by Gasteiger charge is 3.09. The molecule has 0 N–H and O–H groups in total. The van der Waals surface area contributed by atoms with Crippen LogP contribution in [0.25, 0.3) is 0 Å². The van der Waals surface area contributed by atoms with Crippen LogP contribution >= 0.6 is 0 Å². The number of unbranched alkanes of at least 4 members (excludes halogenated alkanes) is 2. The van der Waals surface area contributed by atoms with Gasteiger partial charge in [-0.15, -0.1) is 0 Å². The van der Waals surface area contributed by atoms with Gasteiger partial charge >= 0.3 is 0 Å². The van der Waals surface area contributed by atoms with E-state index in [1.54, 1.807) is 12.8 Å². The molecule has 0 saturated heterocycles. The SMILES string of the molecule is CCCCC1C2(CCCC)C3C4(C)CC3(C2(C)CC)C14CC. The summed E-state index contributed by atoms with van der Waals surface area (Å²) in [5.41, 5.74) is 3.67. The minimum atomic E-state index is 0.673. The Morgan fingerprint density at radius 2 is 1.59 bits per heavy atom. The average Bonchev–Trinajstić information content (AvgIpc) is 2.86. The van der Waals surface area contributed by atoms with Crippen LogP contribution in [0.4, 0.5) is 0 Å². The number of hydrogen-bond acceptors (Lipinski definition) is 0. The zero-order valence-electron chi connectivity index (χ0n) is 16.0. The Bertz CT molecular complexity index is 494. The van der Waals surface area contributed by atoms with E-state index in [0.29, 0.717) is 5.41 Å². The summed E-state index contributed by atoms with van der Waals surface area (Å²) in [7, 11) is 0. The molecule has 0 radical (unpaired) electrons. The fourth-order valence-corrected chi connectivity index (χ4v) is 10.3. The molecule has 126 valence electrons. The largest absolute Gasteiger partial charge is 0.0654 e. The van der Waals surface area contributed by atoms with Gasteiger partial charge in [-0.2, -0.15) is 0 Å². The van der Waals surface area contributed by atoms with Crippen molar-refractivity contribution in [2.75, 3.05) is 0 Å². The molecule has 5 bridgehead atoms. The molecule has 0 aromatic rings. The molecule has 7 rings (SSSR count). The summed E-state index contributed by atoms with van der Waals surface area (Å²) in [6, 6.07) is 0. The Hall–Kier alpha value is 0. The van der Waals surface area contributed by atoms with Gasteiger partial charge in [0, 0.05) is 0 Å². The van der Waals surface area contributed by atoms with Crippen LogP contribution in [-0.2, 0) is 0 Å². The Balaban J connectivity index is 1.80. The molecule has 0 nitrogen and oxygen atoms in total. The molecule has 7 saturated carbocycles. The van der Waals surface area contributed by atoms with Gasteiger partial charge < -0.3 is 0 Å². The standard InChI is InChI=1S/C22H38/c1-7-11-13-16-20(14-12-8-2)17-18(5)15-22(17,19(20,6)9-3)21(16,18)10-4/h16-17H,7-15H2,1-6H3. The van der Waals surface area contributed by atoms with Crippen LogP contribution in [0.15, 0.2) is 0 Å². The first-order valence-electron chi connectivity index (χ1n) is 10.4. The molecule has 0 aromatic heterocycles. The van der Waals surface area contributed by atoms with E-state index in [4.69, 9.17) is 0 Å². The molecule has 7 aliphatic rings. The molecule has 7 unspecified atom stereocenters. The topological polar surface area (TPSA) is 0 Å². The van der Waals surface area contributed by atoms with Gasteiger partial charge in [-0.05, 0) is 71.0 Å². The van der Waals surface area contributed by atoms with Crippen molar-refractivity contribution >= 4 is 0 Å². The molecule has 0 amide bonds. The van der Waals surface area contributed by atoms with Crippen molar-refractivity contribution in [2.24, 2.45) is 38.9 Å². The summed E-state index contributed by atoms with van der Waals surface area (Å²) in [5, 5.41) is 0. The fraction of sp³-hybridized carbons (Fsp3) is 1.00. The highest BCUT2D eigenvalue weighted by Crippen LogP contribution is 3.13. The summed E-state index contributed by atoms with van der Waals surface area (Å²) < 4.78 is 0. The lowest BCUT2D eigenvalue weighted by Crippen LogP contribution is -2.91. The number of hydrogen-bond donors (Lipinski definition) is 0. The van der Waals surface area contributed by atoms with Crippen LogP contribution in [-0.4, -0.2) is 0 Å². The Morgan fingerprint density at radius 3 is 2.14 bits per heavy atom. The smallest absolute Gasteiger partial charge is 0.0129 e. The zero-order valence-corrected chi connectivity index (χ0v) is 16.0. The van der Waals surface area contributed by atoms with Gasteiger partial charge in [0.2, 0.25) is 0 Å². The molecule has 22 heavy (non-hydrogen) atoms. The van der Waals surface area contributed by atoms with Crippen molar-refractivity contribution in [3.8, 4) is 0 Å². The van der Waals surface area contributed by atoms with Gasteiger partial charge in [-0.25, -0.2) is 0 Å². The van der Waals surface area contributed by atoms with E-state index >= 15 is 0 Å². The minimum Gasteiger partial charge on any atom is -0.0654 e.